The third kappa shape index (κ3) is 10.5. The minimum absolute atomic E-state index is 0.00733. The van der Waals surface area contributed by atoms with Crippen molar-refractivity contribution >= 4 is 52.6 Å². The molecule has 0 aromatic heterocycles. The summed E-state index contributed by atoms with van der Waals surface area (Å²) in [5.74, 6) is -2.01. The second kappa shape index (κ2) is 16.5. The molecule has 1 aliphatic rings. The number of halogens is 1. The lowest BCUT2D eigenvalue weighted by molar-refractivity contribution is -0.150. The van der Waals surface area contributed by atoms with Crippen molar-refractivity contribution in [3.8, 4) is 0 Å². The Bertz CT molecular complexity index is 1170. The molecule has 0 atom stereocenters. The Morgan fingerprint density at radius 3 is 2.22 bits per heavy atom. The summed E-state index contributed by atoms with van der Waals surface area (Å²) in [6.07, 6.45) is 0.946. The summed E-state index contributed by atoms with van der Waals surface area (Å²) in [6.45, 7) is 8.33. The van der Waals surface area contributed by atoms with E-state index in [2.05, 4.69) is 9.64 Å². The number of esters is 1. The molecule has 9 nitrogen and oxygen atoms in total. The summed E-state index contributed by atoms with van der Waals surface area (Å²) in [7, 11) is 1.14. The Kier molecular flexibility index (Phi) is 13.1. The molecule has 1 saturated heterocycles. The van der Waals surface area contributed by atoms with Crippen LogP contribution in [0.25, 0.3) is 0 Å². The van der Waals surface area contributed by atoms with Crippen LogP contribution in [0.15, 0.2) is 48.5 Å². The van der Waals surface area contributed by atoms with Gasteiger partial charge in [-0.2, -0.15) is 0 Å². The number of carbonyl (C=O) groups excluding carboxylic acids is 4. The van der Waals surface area contributed by atoms with Crippen molar-refractivity contribution in [2.45, 2.75) is 26.4 Å². The lowest BCUT2D eigenvalue weighted by atomic mass is 10.1. The average Bonchev–Trinajstić information content (AvgIpc) is 2.98. The number of rotatable bonds is 14. The van der Waals surface area contributed by atoms with Crippen LogP contribution in [-0.2, 0) is 30.3 Å². The number of Topliss-reactive ketones (excluding diaryl/α,β-unsaturated/α-hetero) is 1. The Morgan fingerprint density at radius 1 is 0.951 bits per heavy atom. The smallest absolute Gasteiger partial charge is 0.375 e. The van der Waals surface area contributed by atoms with E-state index in [1.807, 2.05) is 43.0 Å². The molecule has 1 heterocycles. The van der Waals surface area contributed by atoms with Crippen molar-refractivity contribution in [3.63, 3.8) is 0 Å². The maximum atomic E-state index is 13.2. The number of ether oxygens (including phenoxy) is 2. The van der Waals surface area contributed by atoms with E-state index in [4.69, 9.17) is 16.3 Å². The van der Waals surface area contributed by atoms with E-state index in [9.17, 15) is 19.2 Å². The zero-order valence-corrected chi connectivity index (χ0v) is 25.4. The van der Waals surface area contributed by atoms with Gasteiger partial charge in [-0.3, -0.25) is 19.3 Å². The highest BCUT2D eigenvalue weighted by atomic mass is 35.5. The van der Waals surface area contributed by atoms with Crippen LogP contribution in [0.4, 0.5) is 5.69 Å². The molecule has 2 amide bonds. The summed E-state index contributed by atoms with van der Waals surface area (Å²) < 4.78 is 10.1. The second-order valence-electron chi connectivity index (χ2n) is 9.93. The molecule has 0 spiro atoms. The number of hydrogen-bond donors (Lipinski definition) is 0. The van der Waals surface area contributed by atoms with Crippen LogP contribution < -0.4 is 4.90 Å². The quantitative estimate of drug-likeness (QED) is 0.239. The topological polar surface area (TPSA) is 96.5 Å². The molecular weight excluding hydrogens is 566 g/mol. The lowest BCUT2D eigenvalue weighted by Gasteiger charge is -2.35. The number of methoxy groups -OCH3 is 1. The van der Waals surface area contributed by atoms with Crippen LogP contribution >= 0.6 is 23.4 Å². The lowest BCUT2D eigenvalue weighted by Crippen LogP contribution is -2.49. The van der Waals surface area contributed by atoms with Crippen molar-refractivity contribution < 1.29 is 28.7 Å². The minimum atomic E-state index is -0.924. The highest BCUT2D eigenvalue weighted by Gasteiger charge is 2.23. The third-order valence-electron chi connectivity index (χ3n) is 6.65. The number of thioether (sulfide) groups is 1. The summed E-state index contributed by atoms with van der Waals surface area (Å²) in [6, 6.07) is 14.9. The molecule has 0 aliphatic carbocycles. The monoisotopic (exact) mass is 603 g/mol. The standard InChI is InChI=1S/C30H38ClN3O6S/c1-22(2)40-19-18-34(28(36)21-41-20-27(35)30(38)39-3)26-10-6-24(7-11-26)29(37)33-16-14-32(15-17-33)13-12-23-4-8-25(31)9-5-23/h4-11,22H,12-21H2,1-3H3. The predicted octanol–water partition coefficient (Wildman–Crippen LogP) is 3.57. The highest BCUT2D eigenvalue weighted by Crippen LogP contribution is 2.19. The Labute approximate surface area is 251 Å². The van der Waals surface area contributed by atoms with Gasteiger partial charge in [0.05, 0.1) is 31.3 Å². The second-order valence-corrected chi connectivity index (χ2v) is 11.4. The van der Waals surface area contributed by atoms with Gasteiger partial charge >= 0.3 is 5.97 Å². The fraction of sp³-hybridized carbons (Fsp3) is 0.467. The van der Waals surface area contributed by atoms with Gasteiger partial charge in [0.1, 0.15) is 0 Å². The van der Waals surface area contributed by atoms with Gasteiger partial charge in [-0.15, -0.1) is 11.8 Å². The zero-order chi connectivity index (χ0) is 29.8. The van der Waals surface area contributed by atoms with Crippen LogP contribution in [0.1, 0.15) is 29.8 Å². The maximum absolute atomic E-state index is 13.2. The molecule has 0 N–H and O–H groups in total. The van der Waals surface area contributed by atoms with Crippen molar-refractivity contribution in [1.82, 2.24) is 9.80 Å². The predicted molar refractivity (Wildman–Crippen MR) is 162 cm³/mol. The molecule has 3 rings (SSSR count). The number of hydrogen-bond acceptors (Lipinski definition) is 8. The van der Waals surface area contributed by atoms with Gasteiger partial charge in [-0.05, 0) is 62.2 Å². The molecular formula is C30H38ClN3O6S. The molecule has 2 aromatic rings. The molecule has 222 valence electrons. The summed E-state index contributed by atoms with van der Waals surface area (Å²) in [4.78, 5) is 55.1. The van der Waals surface area contributed by atoms with Gasteiger partial charge in [0, 0.05) is 55.5 Å². The van der Waals surface area contributed by atoms with E-state index in [1.54, 1.807) is 29.2 Å². The summed E-state index contributed by atoms with van der Waals surface area (Å²) in [5.41, 5.74) is 2.43. The van der Waals surface area contributed by atoms with Crippen LogP contribution in [0.2, 0.25) is 5.02 Å². The minimum Gasteiger partial charge on any atom is -0.463 e. The largest absolute Gasteiger partial charge is 0.463 e. The maximum Gasteiger partial charge on any atom is 0.375 e. The Balaban J connectivity index is 1.54. The van der Waals surface area contributed by atoms with Crippen LogP contribution in [0, 0.1) is 0 Å². The zero-order valence-electron chi connectivity index (χ0n) is 23.8. The van der Waals surface area contributed by atoms with E-state index < -0.39 is 11.8 Å². The third-order valence-corrected chi connectivity index (χ3v) is 7.82. The van der Waals surface area contributed by atoms with E-state index in [-0.39, 0.29) is 29.4 Å². The average molecular weight is 604 g/mol. The number of benzene rings is 2. The normalized spacial score (nSPS) is 13.7. The van der Waals surface area contributed by atoms with Gasteiger partial charge in [0.25, 0.3) is 5.91 Å². The Hall–Kier alpha value is -2.92. The van der Waals surface area contributed by atoms with E-state index in [0.29, 0.717) is 37.5 Å². The first-order valence-corrected chi connectivity index (χ1v) is 15.2. The van der Waals surface area contributed by atoms with Crippen LogP contribution in [-0.4, -0.2) is 104 Å². The molecule has 11 heteroatoms. The van der Waals surface area contributed by atoms with Gasteiger partial charge in [0.2, 0.25) is 11.7 Å². The first-order valence-electron chi connectivity index (χ1n) is 13.6. The fourth-order valence-corrected chi connectivity index (χ4v) is 5.20. The van der Waals surface area contributed by atoms with Gasteiger partial charge in [-0.1, -0.05) is 23.7 Å². The first-order chi connectivity index (χ1) is 19.7. The van der Waals surface area contributed by atoms with Gasteiger partial charge in [0.15, 0.2) is 0 Å². The fourth-order valence-electron chi connectivity index (χ4n) is 4.34. The van der Waals surface area contributed by atoms with Gasteiger partial charge < -0.3 is 19.3 Å². The van der Waals surface area contributed by atoms with E-state index in [1.165, 1.54) is 5.56 Å². The molecule has 0 bridgehead atoms. The van der Waals surface area contributed by atoms with E-state index >= 15 is 0 Å². The molecule has 41 heavy (non-hydrogen) atoms. The number of ketones is 1. The molecule has 2 aromatic carbocycles. The molecule has 0 radical (unpaired) electrons. The number of nitrogens with zero attached hydrogens (tertiary/aromatic N) is 3. The van der Waals surface area contributed by atoms with E-state index in [0.717, 1.165) is 49.9 Å². The molecule has 1 aliphatic heterocycles. The molecule has 0 saturated carbocycles. The molecule has 1 fully saturated rings. The number of carbonyl (C=O) groups is 4. The van der Waals surface area contributed by atoms with Crippen molar-refractivity contribution in [1.29, 1.82) is 0 Å². The first kappa shape index (κ1) is 32.6. The molecule has 0 unspecified atom stereocenters. The van der Waals surface area contributed by atoms with Gasteiger partial charge in [-0.25, -0.2) is 4.79 Å². The highest BCUT2D eigenvalue weighted by molar-refractivity contribution is 8.00. The number of piperazine rings is 1. The van der Waals surface area contributed by atoms with Crippen molar-refractivity contribution in [2.24, 2.45) is 0 Å². The summed E-state index contributed by atoms with van der Waals surface area (Å²) >= 11 is 7.02. The number of amides is 2. The van der Waals surface area contributed by atoms with Crippen molar-refractivity contribution in [2.75, 3.05) is 69.4 Å². The van der Waals surface area contributed by atoms with Crippen molar-refractivity contribution in [3.05, 3.63) is 64.7 Å². The SMILES string of the molecule is COC(=O)C(=O)CSCC(=O)N(CCOC(C)C)c1ccc(C(=O)N2CCN(CCc3ccc(Cl)cc3)CC2)cc1. The Morgan fingerprint density at radius 2 is 1.61 bits per heavy atom. The number of anilines is 1. The summed E-state index contributed by atoms with van der Waals surface area (Å²) in [5, 5.41) is 0.734. The van der Waals surface area contributed by atoms with Crippen LogP contribution in [0.3, 0.4) is 0 Å². The van der Waals surface area contributed by atoms with Crippen LogP contribution in [0.5, 0.6) is 0 Å².